The van der Waals surface area contributed by atoms with Crippen molar-refractivity contribution in [3.63, 3.8) is 0 Å². The Morgan fingerprint density at radius 1 is 1.25 bits per heavy atom. The predicted octanol–water partition coefficient (Wildman–Crippen LogP) is 0.522. The first-order valence-electron chi connectivity index (χ1n) is 5.16. The Labute approximate surface area is 92.1 Å². The van der Waals surface area contributed by atoms with E-state index in [0.717, 1.165) is 18.7 Å². The summed E-state index contributed by atoms with van der Waals surface area (Å²) in [6, 6.07) is 0. The fourth-order valence-electron chi connectivity index (χ4n) is 1.46. The quantitative estimate of drug-likeness (QED) is 0.790. The number of rotatable bonds is 2. The van der Waals surface area contributed by atoms with E-state index in [1.165, 1.54) is 0 Å². The van der Waals surface area contributed by atoms with E-state index in [-0.39, 0.29) is 0 Å². The fourth-order valence-corrected chi connectivity index (χ4v) is 1.46. The summed E-state index contributed by atoms with van der Waals surface area (Å²) < 4.78 is 5.17. The van der Waals surface area contributed by atoms with Gasteiger partial charge < -0.3 is 9.84 Å². The molecule has 0 unspecified atom stereocenters. The monoisotopic (exact) mass is 217 g/mol. The van der Waals surface area contributed by atoms with Gasteiger partial charge in [-0.25, -0.2) is 9.97 Å². The lowest BCUT2D eigenvalue weighted by molar-refractivity contribution is 0.308. The van der Waals surface area contributed by atoms with E-state index >= 15 is 0 Å². The van der Waals surface area contributed by atoms with Gasteiger partial charge in [0.2, 0.25) is 17.5 Å². The van der Waals surface area contributed by atoms with Crippen LogP contribution in [0.25, 0.3) is 11.6 Å². The van der Waals surface area contributed by atoms with Crippen LogP contribution < -0.4 is 5.32 Å². The van der Waals surface area contributed by atoms with Crippen LogP contribution in [0.5, 0.6) is 0 Å². The van der Waals surface area contributed by atoms with Gasteiger partial charge in [-0.1, -0.05) is 5.16 Å². The molecule has 1 saturated heterocycles. The second kappa shape index (κ2) is 3.64. The Kier molecular flexibility index (Phi) is 2.14. The number of nitrogens with zero attached hydrogens (tertiary/aromatic N) is 4. The second-order valence-electron chi connectivity index (χ2n) is 3.90. The molecule has 0 atom stereocenters. The van der Waals surface area contributed by atoms with Crippen molar-refractivity contribution in [3.8, 4) is 11.6 Å². The molecule has 0 amide bonds. The summed E-state index contributed by atoms with van der Waals surface area (Å²) >= 11 is 0. The topological polar surface area (TPSA) is 76.7 Å². The highest BCUT2D eigenvalue weighted by atomic mass is 16.5. The lowest BCUT2D eigenvalue weighted by atomic mass is 10.0. The largest absolute Gasteiger partial charge is 0.338 e. The highest BCUT2D eigenvalue weighted by molar-refractivity contribution is 5.41. The Balaban J connectivity index is 1.88. The molecule has 3 rings (SSSR count). The zero-order chi connectivity index (χ0) is 11.0. The minimum absolute atomic E-state index is 0.340. The normalized spacial score (nSPS) is 16.1. The summed E-state index contributed by atoms with van der Waals surface area (Å²) in [6.45, 7) is 3.73. The van der Waals surface area contributed by atoms with Crippen molar-refractivity contribution in [1.82, 2.24) is 25.4 Å². The van der Waals surface area contributed by atoms with Crippen LogP contribution in [0.4, 0.5) is 0 Å². The standard InChI is InChI=1S/C10H11N5O/c1-6-2-12-8(13-3-6)9-14-10(16-15-9)7-4-11-5-7/h2-3,7,11H,4-5H2,1H3. The van der Waals surface area contributed by atoms with E-state index in [4.69, 9.17) is 4.52 Å². The molecule has 6 heteroatoms. The van der Waals surface area contributed by atoms with Gasteiger partial charge in [0, 0.05) is 25.5 Å². The highest BCUT2D eigenvalue weighted by Gasteiger charge is 2.25. The van der Waals surface area contributed by atoms with Gasteiger partial charge in [-0.15, -0.1) is 0 Å². The van der Waals surface area contributed by atoms with E-state index in [0.29, 0.717) is 23.5 Å². The second-order valence-corrected chi connectivity index (χ2v) is 3.90. The number of hydrogen-bond donors (Lipinski definition) is 1. The molecule has 0 aromatic carbocycles. The van der Waals surface area contributed by atoms with Crippen LogP contribution in [-0.4, -0.2) is 33.2 Å². The molecule has 1 fully saturated rings. The molecule has 82 valence electrons. The molecular weight excluding hydrogens is 206 g/mol. The summed E-state index contributed by atoms with van der Waals surface area (Å²) in [4.78, 5) is 12.6. The zero-order valence-corrected chi connectivity index (χ0v) is 8.84. The molecule has 0 aliphatic carbocycles. The molecule has 1 aliphatic rings. The van der Waals surface area contributed by atoms with Crippen LogP contribution in [0.15, 0.2) is 16.9 Å². The van der Waals surface area contributed by atoms with Gasteiger partial charge in [-0.3, -0.25) is 0 Å². The maximum atomic E-state index is 5.17. The molecule has 2 aromatic rings. The summed E-state index contributed by atoms with van der Waals surface area (Å²) in [5.41, 5.74) is 1.01. The molecule has 16 heavy (non-hydrogen) atoms. The number of nitrogens with one attached hydrogen (secondary N) is 1. The first-order chi connectivity index (χ1) is 7.83. The van der Waals surface area contributed by atoms with Crippen molar-refractivity contribution in [1.29, 1.82) is 0 Å². The third-order valence-corrected chi connectivity index (χ3v) is 2.55. The van der Waals surface area contributed by atoms with Crippen molar-refractivity contribution in [2.24, 2.45) is 0 Å². The SMILES string of the molecule is Cc1cnc(-c2noc(C3CNC3)n2)nc1. The Hall–Kier alpha value is -1.82. The first kappa shape index (κ1) is 9.41. The lowest BCUT2D eigenvalue weighted by Crippen LogP contribution is -2.40. The fraction of sp³-hybridized carbons (Fsp3) is 0.400. The van der Waals surface area contributed by atoms with Crippen molar-refractivity contribution in [3.05, 3.63) is 23.8 Å². The van der Waals surface area contributed by atoms with Crippen LogP contribution in [-0.2, 0) is 0 Å². The van der Waals surface area contributed by atoms with E-state index in [1.54, 1.807) is 12.4 Å². The predicted molar refractivity (Wildman–Crippen MR) is 55.7 cm³/mol. The Morgan fingerprint density at radius 2 is 2.00 bits per heavy atom. The molecule has 2 aromatic heterocycles. The number of aryl methyl sites for hydroxylation is 1. The van der Waals surface area contributed by atoms with Crippen molar-refractivity contribution < 1.29 is 4.52 Å². The number of hydrogen-bond acceptors (Lipinski definition) is 6. The van der Waals surface area contributed by atoms with Crippen LogP contribution in [0.1, 0.15) is 17.4 Å². The van der Waals surface area contributed by atoms with Gasteiger partial charge in [0.05, 0.1) is 5.92 Å². The maximum absolute atomic E-state index is 5.17. The molecule has 0 saturated carbocycles. The van der Waals surface area contributed by atoms with E-state index in [2.05, 4.69) is 25.4 Å². The minimum atomic E-state index is 0.340. The van der Waals surface area contributed by atoms with Gasteiger partial charge in [0.15, 0.2) is 0 Å². The van der Waals surface area contributed by atoms with Crippen LogP contribution >= 0.6 is 0 Å². The third-order valence-electron chi connectivity index (χ3n) is 2.55. The third kappa shape index (κ3) is 1.57. The summed E-state index contributed by atoms with van der Waals surface area (Å²) in [5.74, 6) is 1.97. The first-order valence-corrected chi connectivity index (χ1v) is 5.16. The van der Waals surface area contributed by atoms with E-state index in [1.807, 2.05) is 6.92 Å². The lowest BCUT2D eigenvalue weighted by Gasteiger charge is -2.22. The van der Waals surface area contributed by atoms with Crippen molar-refractivity contribution >= 4 is 0 Å². The average molecular weight is 217 g/mol. The summed E-state index contributed by atoms with van der Waals surface area (Å²) in [5, 5.41) is 7.04. The minimum Gasteiger partial charge on any atom is -0.338 e. The molecular formula is C10H11N5O. The van der Waals surface area contributed by atoms with Gasteiger partial charge in [0.1, 0.15) is 0 Å². The van der Waals surface area contributed by atoms with Crippen molar-refractivity contribution in [2.45, 2.75) is 12.8 Å². The number of aromatic nitrogens is 4. The molecule has 1 N–H and O–H groups in total. The van der Waals surface area contributed by atoms with Gasteiger partial charge >= 0.3 is 0 Å². The maximum Gasteiger partial charge on any atom is 0.240 e. The van der Waals surface area contributed by atoms with E-state index < -0.39 is 0 Å². The van der Waals surface area contributed by atoms with Gasteiger partial charge in [0.25, 0.3) is 0 Å². The highest BCUT2D eigenvalue weighted by Crippen LogP contribution is 2.20. The molecule has 1 aliphatic heterocycles. The smallest absolute Gasteiger partial charge is 0.240 e. The average Bonchev–Trinajstić information content (AvgIpc) is 2.65. The molecule has 0 spiro atoms. The Bertz CT molecular complexity index is 488. The zero-order valence-electron chi connectivity index (χ0n) is 8.84. The van der Waals surface area contributed by atoms with Crippen LogP contribution in [0.2, 0.25) is 0 Å². The molecule has 0 radical (unpaired) electrons. The molecule has 0 bridgehead atoms. The molecule has 3 heterocycles. The molecule has 6 nitrogen and oxygen atoms in total. The summed E-state index contributed by atoms with van der Waals surface area (Å²) in [7, 11) is 0. The van der Waals surface area contributed by atoms with Crippen LogP contribution in [0.3, 0.4) is 0 Å². The van der Waals surface area contributed by atoms with E-state index in [9.17, 15) is 0 Å². The Morgan fingerprint density at radius 3 is 2.62 bits per heavy atom. The van der Waals surface area contributed by atoms with Crippen LogP contribution in [0, 0.1) is 6.92 Å². The van der Waals surface area contributed by atoms with Crippen molar-refractivity contribution in [2.75, 3.05) is 13.1 Å². The van der Waals surface area contributed by atoms with Gasteiger partial charge in [-0.05, 0) is 12.5 Å². The summed E-state index contributed by atoms with van der Waals surface area (Å²) in [6.07, 6.45) is 3.48. The van der Waals surface area contributed by atoms with Gasteiger partial charge in [-0.2, -0.15) is 4.98 Å².